The first-order valence-corrected chi connectivity index (χ1v) is 14.3. The van der Waals surface area contributed by atoms with Crippen molar-refractivity contribution in [1.82, 2.24) is 14.4 Å². The molecule has 0 N–H and O–H groups in total. The first-order chi connectivity index (χ1) is 17.8. The van der Waals surface area contributed by atoms with Gasteiger partial charge in [0.05, 0.1) is 0 Å². The Balaban J connectivity index is 1.23. The van der Waals surface area contributed by atoms with Gasteiger partial charge in [0.1, 0.15) is 5.69 Å². The molecule has 3 aromatic rings. The Morgan fingerprint density at radius 3 is 2.35 bits per heavy atom. The second-order valence-electron chi connectivity index (χ2n) is 10.1. The summed E-state index contributed by atoms with van der Waals surface area (Å²) in [5.41, 5.74) is 3.71. The maximum Gasteiger partial charge on any atom is 0.248 e. The first-order valence-electron chi connectivity index (χ1n) is 12.9. The number of benzene rings is 2. The van der Waals surface area contributed by atoms with Crippen LogP contribution >= 0.6 is 0 Å². The Morgan fingerprint density at radius 1 is 0.946 bits per heavy atom. The molecule has 2 aromatic carbocycles. The van der Waals surface area contributed by atoms with Gasteiger partial charge >= 0.3 is 0 Å². The topological polar surface area (TPSA) is 83.7 Å². The van der Waals surface area contributed by atoms with Gasteiger partial charge in [-0.2, -0.15) is 4.31 Å². The van der Waals surface area contributed by atoms with Crippen molar-refractivity contribution >= 4 is 28.1 Å². The lowest BCUT2D eigenvalue weighted by Crippen LogP contribution is -2.44. The molecule has 8 heteroatoms. The summed E-state index contributed by atoms with van der Waals surface area (Å²) < 4.78 is 34.0. The zero-order valence-corrected chi connectivity index (χ0v) is 22.2. The molecule has 7 nitrogen and oxygen atoms in total. The number of piperidine rings is 1. The van der Waals surface area contributed by atoms with Gasteiger partial charge in [-0.15, -0.1) is 0 Å². The summed E-state index contributed by atoms with van der Waals surface area (Å²) in [5, 5.41) is 3.94. The fourth-order valence-electron chi connectivity index (χ4n) is 5.34. The molecule has 0 saturated carbocycles. The molecule has 2 fully saturated rings. The van der Waals surface area contributed by atoms with Crippen molar-refractivity contribution in [2.75, 3.05) is 26.2 Å². The number of aryl methyl sites for hydroxylation is 2. The van der Waals surface area contributed by atoms with Crippen LogP contribution < -0.4 is 0 Å². The molecule has 1 aromatic heterocycles. The van der Waals surface area contributed by atoms with Crippen LogP contribution in [0.5, 0.6) is 0 Å². The van der Waals surface area contributed by atoms with Crippen molar-refractivity contribution in [2.45, 2.75) is 43.9 Å². The Morgan fingerprint density at radius 2 is 1.65 bits per heavy atom. The number of aromatic nitrogens is 1. The zero-order chi connectivity index (χ0) is 26.0. The van der Waals surface area contributed by atoms with Crippen LogP contribution in [0.25, 0.3) is 12.2 Å². The largest absolute Gasteiger partial charge is 0.355 e. The highest BCUT2D eigenvalue weighted by Crippen LogP contribution is 2.32. The monoisotopic (exact) mass is 519 g/mol. The second-order valence-corrected chi connectivity index (χ2v) is 11.9. The van der Waals surface area contributed by atoms with Gasteiger partial charge in [-0.25, -0.2) is 8.42 Å². The molecule has 3 heterocycles. The summed E-state index contributed by atoms with van der Waals surface area (Å²) in [5.74, 6) is 0.595. The van der Waals surface area contributed by atoms with Gasteiger partial charge in [-0.1, -0.05) is 71.4 Å². The van der Waals surface area contributed by atoms with Crippen LogP contribution in [0.1, 0.15) is 53.3 Å². The van der Waals surface area contributed by atoms with E-state index in [1.807, 2.05) is 60.4 Å². The number of carbonyl (C=O) groups is 1. The van der Waals surface area contributed by atoms with Gasteiger partial charge in [0.15, 0.2) is 10.7 Å². The van der Waals surface area contributed by atoms with E-state index in [0.717, 1.165) is 30.6 Å². The van der Waals surface area contributed by atoms with Crippen molar-refractivity contribution in [3.05, 3.63) is 82.7 Å². The van der Waals surface area contributed by atoms with Crippen LogP contribution in [0, 0.1) is 19.8 Å². The lowest BCUT2D eigenvalue weighted by atomic mass is 9.96. The molecule has 2 saturated heterocycles. The summed E-state index contributed by atoms with van der Waals surface area (Å²) >= 11 is 0. The van der Waals surface area contributed by atoms with Crippen molar-refractivity contribution in [3.63, 3.8) is 0 Å². The molecule has 1 unspecified atom stereocenters. The van der Waals surface area contributed by atoms with E-state index in [9.17, 15) is 13.2 Å². The fourth-order valence-corrected chi connectivity index (χ4v) is 7.06. The predicted molar refractivity (Wildman–Crippen MR) is 143 cm³/mol. The van der Waals surface area contributed by atoms with E-state index in [0.29, 0.717) is 37.5 Å². The van der Waals surface area contributed by atoms with E-state index < -0.39 is 10.0 Å². The quantitative estimate of drug-likeness (QED) is 0.464. The zero-order valence-electron chi connectivity index (χ0n) is 21.3. The average molecular weight is 520 g/mol. The Kier molecular flexibility index (Phi) is 7.31. The van der Waals surface area contributed by atoms with Crippen molar-refractivity contribution in [1.29, 1.82) is 0 Å². The molecule has 0 bridgehead atoms. The number of amides is 1. The van der Waals surface area contributed by atoms with Crippen molar-refractivity contribution in [2.24, 2.45) is 5.92 Å². The number of nitrogens with zero attached hydrogens (tertiary/aromatic N) is 3. The SMILES string of the molecule is Cc1ccc(C=Cc2onc(C)c2S(=O)(=O)N2CCC(C(=O)N3CCC(c4ccccc4)C3)CC2)cc1. The third kappa shape index (κ3) is 5.40. The van der Waals surface area contributed by atoms with Crippen LogP contribution in [0.2, 0.25) is 0 Å². The van der Waals surface area contributed by atoms with Gasteiger partial charge in [0.25, 0.3) is 0 Å². The van der Waals surface area contributed by atoms with E-state index in [1.54, 1.807) is 13.0 Å². The highest BCUT2D eigenvalue weighted by molar-refractivity contribution is 7.89. The molecule has 0 spiro atoms. The van der Waals surface area contributed by atoms with E-state index in [1.165, 1.54) is 9.87 Å². The molecule has 194 valence electrons. The van der Waals surface area contributed by atoms with Crippen molar-refractivity contribution < 1.29 is 17.7 Å². The number of sulfonamides is 1. The fraction of sp³-hybridized carbons (Fsp3) is 0.379. The minimum atomic E-state index is -3.80. The van der Waals surface area contributed by atoms with Crippen LogP contribution in [0.4, 0.5) is 0 Å². The molecule has 5 rings (SSSR count). The highest BCUT2D eigenvalue weighted by Gasteiger charge is 2.38. The van der Waals surface area contributed by atoms with Gasteiger partial charge < -0.3 is 9.42 Å². The smallest absolute Gasteiger partial charge is 0.248 e. The molecule has 37 heavy (non-hydrogen) atoms. The van der Waals surface area contributed by atoms with Crippen molar-refractivity contribution in [3.8, 4) is 0 Å². The summed E-state index contributed by atoms with van der Waals surface area (Å²) in [6.45, 7) is 5.76. The molecular formula is C29H33N3O4S. The second kappa shape index (κ2) is 10.6. The Hall–Kier alpha value is -3.23. The Labute approximate surface area is 218 Å². The molecule has 1 atom stereocenters. The van der Waals surface area contributed by atoms with Crippen LogP contribution in [0.3, 0.4) is 0 Å². The van der Waals surface area contributed by atoms with Gasteiger partial charge in [0, 0.05) is 38.0 Å². The third-order valence-electron chi connectivity index (χ3n) is 7.51. The van der Waals surface area contributed by atoms with E-state index in [-0.39, 0.29) is 22.5 Å². The number of likely N-dealkylation sites (tertiary alicyclic amines) is 1. The number of rotatable bonds is 6. The van der Waals surface area contributed by atoms with Gasteiger partial charge in [-0.3, -0.25) is 4.79 Å². The summed E-state index contributed by atoms with van der Waals surface area (Å²) in [6.07, 6.45) is 5.48. The van der Waals surface area contributed by atoms with Crippen LogP contribution in [0.15, 0.2) is 64.0 Å². The standard InChI is InChI=1S/C29H33N3O4S/c1-21-8-10-23(11-9-21)12-13-27-28(22(2)30-36-27)37(34,35)32-18-15-25(16-19-32)29(33)31-17-14-26(20-31)24-6-4-3-5-7-24/h3-13,25-26H,14-20H2,1-2H3. The molecule has 2 aliphatic heterocycles. The van der Waals surface area contributed by atoms with E-state index in [4.69, 9.17) is 4.52 Å². The maximum absolute atomic E-state index is 13.6. The predicted octanol–water partition coefficient (Wildman–Crippen LogP) is 4.88. The minimum Gasteiger partial charge on any atom is -0.355 e. The lowest BCUT2D eigenvalue weighted by molar-refractivity contribution is -0.135. The minimum absolute atomic E-state index is 0.103. The summed E-state index contributed by atoms with van der Waals surface area (Å²) in [4.78, 5) is 15.3. The molecule has 0 aliphatic carbocycles. The lowest BCUT2D eigenvalue weighted by Gasteiger charge is -2.32. The molecule has 0 radical (unpaired) electrons. The number of hydrogen-bond acceptors (Lipinski definition) is 5. The number of carbonyl (C=O) groups excluding carboxylic acids is 1. The molecular weight excluding hydrogens is 486 g/mol. The molecule has 2 aliphatic rings. The van der Waals surface area contributed by atoms with Gasteiger partial charge in [0.2, 0.25) is 15.9 Å². The molecule has 1 amide bonds. The highest BCUT2D eigenvalue weighted by atomic mass is 32.2. The van der Waals surface area contributed by atoms with Crippen LogP contribution in [-0.4, -0.2) is 54.9 Å². The van der Waals surface area contributed by atoms with E-state index in [2.05, 4.69) is 17.3 Å². The summed E-state index contributed by atoms with van der Waals surface area (Å²) in [6, 6.07) is 18.3. The first kappa shape index (κ1) is 25.4. The number of hydrogen-bond donors (Lipinski definition) is 0. The third-order valence-corrected chi connectivity index (χ3v) is 9.57. The van der Waals surface area contributed by atoms with Gasteiger partial charge in [-0.05, 0) is 50.3 Å². The van der Waals surface area contributed by atoms with E-state index >= 15 is 0 Å². The average Bonchev–Trinajstić information content (AvgIpc) is 3.56. The normalized spacial score (nSPS) is 19.6. The summed E-state index contributed by atoms with van der Waals surface area (Å²) in [7, 11) is -3.80. The maximum atomic E-state index is 13.6. The van der Waals surface area contributed by atoms with Crippen LogP contribution in [-0.2, 0) is 14.8 Å². The Bertz CT molecular complexity index is 1370.